The van der Waals surface area contributed by atoms with Gasteiger partial charge in [0.25, 0.3) is 0 Å². The molecule has 0 aliphatic carbocycles. The van der Waals surface area contributed by atoms with Crippen molar-refractivity contribution in [3.63, 3.8) is 0 Å². The average Bonchev–Trinajstić information content (AvgIpc) is 2.29. The molecule has 1 atom stereocenters. The molecule has 0 saturated carbocycles. The minimum absolute atomic E-state index is 0.589. The second-order valence-electron chi connectivity index (χ2n) is 4.54. The monoisotopic (exact) mass is 238 g/mol. The fourth-order valence-electron chi connectivity index (χ4n) is 2.56. The van der Waals surface area contributed by atoms with Gasteiger partial charge in [0.05, 0.1) is 11.9 Å². The molecule has 1 aromatic rings. The normalized spacial score (nSPS) is 21.2. The third kappa shape index (κ3) is 2.32. The Morgan fingerprint density at radius 3 is 3.00 bits per heavy atom. The number of anilines is 1. The number of hydrogen-bond donors (Lipinski definition) is 0. The number of nitrogens with zero attached hydrogens (tertiary/aromatic N) is 2. The summed E-state index contributed by atoms with van der Waals surface area (Å²) in [6.45, 7) is 5.54. The van der Waals surface area contributed by atoms with Crippen LogP contribution < -0.4 is 4.90 Å². The highest BCUT2D eigenvalue weighted by Crippen LogP contribution is 2.29. The Morgan fingerprint density at radius 2 is 2.31 bits per heavy atom. The summed E-state index contributed by atoms with van der Waals surface area (Å²) in [5, 5.41) is 0.589. The summed E-state index contributed by atoms with van der Waals surface area (Å²) >= 11 is 5.90. The molecular formula is C13H19ClN2. The van der Waals surface area contributed by atoms with Gasteiger partial charge >= 0.3 is 0 Å². The van der Waals surface area contributed by atoms with Gasteiger partial charge in [-0.3, -0.25) is 0 Å². The maximum absolute atomic E-state index is 5.90. The zero-order valence-electron chi connectivity index (χ0n) is 10.0. The minimum atomic E-state index is 0.589. The molecule has 0 spiro atoms. The van der Waals surface area contributed by atoms with E-state index in [1.165, 1.54) is 36.9 Å². The summed E-state index contributed by atoms with van der Waals surface area (Å²) < 4.78 is 0. The van der Waals surface area contributed by atoms with Crippen LogP contribution >= 0.6 is 11.6 Å². The predicted octanol–water partition coefficient (Wildman–Crippen LogP) is 3.81. The molecule has 3 heteroatoms. The summed E-state index contributed by atoms with van der Waals surface area (Å²) in [5.74, 6) is 0. The summed E-state index contributed by atoms with van der Waals surface area (Å²) in [6.07, 6.45) is 7.08. The number of aryl methyl sites for hydroxylation is 1. The lowest BCUT2D eigenvalue weighted by atomic mass is 9.99. The molecule has 1 aliphatic heterocycles. The van der Waals surface area contributed by atoms with Crippen molar-refractivity contribution >= 4 is 17.3 Å². The van der Waals surface area contributed by atoms with E-state index in [9.17, 15) is 0 Å². The molecule has 0 aromatic carbocycles. The topological polar surface area (TPSA) is 16.1 Å². The number of pyridine rings is 1. The lowest BCUT2D eigenvalue weighted by Gasteiger charge is -2.37. The fourth-order valence-corrected chi connectivity index (χ4v) is 2.77. The van der Waals surface area contributed by atoms with E-state index in [-0.39, 0.29) is 0 Å². The van der Waals surface area contributed by atoms with Crippen molar-refractivity contribution in [3.8, 4) is 0 Å². The molecule has 0 bridgehead atoms. The van der Waals surface area contributed by atoms with Gasteiger partial charge in [-0.25, -0.2) is 4.98 Å². The molecule has 1 aliphatic rings. The Bertz CT molecular complexity index is 365. The molecule has 2 nitrogen and oxygen atoms in total. The lowest BCUT2D eigenvalue weighted by Crippen LogP contribution is -2.39. The van der Waals surface area contributed by atoms with Crippen molar-refractivity contribution < 1.29 is 0 Å². The highest BCUT2D eigenvalue weighted by atomic mass is 35.5. The van der Waals surface area contributed by atoms with Crippen LogP contribution in [0.15, 0.2) is 12.3 Å². The van der Waals surface area contributed by atoms with Gasteiger partial charge in [-0.2, -0.15) is 0 Å². The number of piperidine rings is 1. The van der Waals surface area contributed by atoms with Crippen molar-refractivity contribution in [3.05, 3.63) is 23.0 Å². The number of aromatic nitrogens is 1. The fraction of sp³-hybridized carbons (Fsp3) is 0.615. The Morgan fingerprint density at radius 1 is 1.50 bits per heavy atom. The molecule has 1 saturated heterocycles. The van der Waals surface area contributed by atoms with Crippen LogP contribution in [0.3, 0.4) is 0 Å². The van der Waals surface area contributed by atoms with Crippen LogP contribution in [0.5, 0.6) is 0 Å². The first-order valence-electron chi connectivity index (χ1n) is 6.11. The van der Waals surface area contributed by atoms with E-state index in [1.807, 2.05) is 12.3 Å². The standard InChI is InChI=1S/C13H19ClN2/c1-3-11-6-4-5-7-16(11)12-9-15-13(14)8-10(12)2/h8-9,11H,3-7H2,1-2H3. The Labute approximate surface area is 103 Å². The van der Waals surface area contributed by atoms with E-state index in [0.717, 1.165) is 6.54 Å². The second kappa shape index (κ2) is 5.05. The molecule has 1 aromatic heterocycles. The molecule has 2 rings (SSSR count). The largest absolute Gasteiger partial charge is 0.367 e. The van der Waals surface area contributed by atoms with E-state index in [1.54, 1.807) is 0 Å². The lowest BCUT2D eigenvalue weighted by molar-refractivity contribution is 0.449. The van der Waals surface area contributed by atoms with Crippen LogP contribution in [0.2, 0.25) is 5.15 Å². The Hall–Kier alpha value is -0.760. The SMILES string of the molecule is CCC1CCCCN1c1cnc(Cl)cc1C. The van der Waals surface area contributed by atoms with Gasteiger partial charge in [0.1, 0.15) is 5.15 Å². The van der Waals surface area contributed by atoms with Gasteiger partial charge in [-0.05, 0) is 44.2 Å². The van der Waals surface area contributed by atoms with E-state index in [4.69, 9.17) is 11.6 Å². The van der Waals surface area contributed by atoms with Crippen molar-refractivity contribution in [2.75, 3.05) is 11.4 Å². The first-order valence-corrected chi connectivity index (χ1v) is 6.49. The highest BCUT2D eigenvalue weighted by molar-refractivity contribution is 6.29. The molecule has 0 radical (unpaired) electrons. The Kier molecular flexibility index (Phi) is 3.70. The quantitative estimate of drug-likeness (QED) is 0.729. The van der Waals surface area contributed by atoms with Crippen molar-refractivity contribution in [2.45, 2.75) is 45.6 Å². The van der Waals surface area contributed by atoms with Crippen molar-refractivity contribution in [1.29, 1.82) is 0 Å². The second-order valence-corrected chi connectivity index (χ2v) is 4.93. The molecule has 2 heterocycles. The van der Waals surface area contributed by atoms with Crippen molar-refractivity contribution in [1.82, 2.24) is 4.98 Å². The van der Waals surface area contributed by atoms with Gasteiger partial charge in [0.2, 0.25) is 0 Å². The zero-order chi connectivity index (χ0) is 11.5. The van der Waals surface area contributed by atoms with Crippen LogP contribution in [-0.2, 0) is 0 Å². The average molecular weight is 239 g/mol. The predicted molar refractivity (Wildman–Crippen MR) is 69.3 cm³/mol. The summed E-state index contributed by atoms with van der Waals surface area (Å²) in [5.41, 5.74) is 2.50. The maximum atomic E-state index is 5.90. The molecule has 1 unspecified atom stereocenters. The van der Waals surface area contributed by atoms with Crippen LogP contribution in [-0.4, -0.2) is 17.6 Å². The van der Waals surface area contributed by atoms with Gasteiger partial charge in [-0.1, -0.05) is 18.5 Å². The van der Waals surface area contributed by atoms with E-state index in [2.05, 4.69) is 23.7 Å². The molecule has 0 amide bonds. The molecular weight excluding hydrogens is 220 g/mol. The number of rotatable bonds is 2. The van der Waals surface area contributed by atoms with E-state index < -0.39 is 0 Å². The smallest absolute Gasteiger partial charge is 0.129 e. The summed E-state index contributed by atoms with van der Waals surface area (Å²) in [6, 6.07) is 2.63. The number of hydrogen-bond acceptors (Lipinski definition) is 2. The maximum Gasteiger partial charge on any atom is 0.129 e. The van der Waals surface area contributed by atoms with E-state index in [0.29, 0.717) is 11.2 Å². The zero-order valence-corrected chi connectivity index (χ0v) is 10.8. The highest BCUT2D eigenvalue weighted by Gasteiger charge is 2.22. The molecule has 88 valence electrons. The van der Waals surface area contributed by atoms with E-state index >= 15 is 0 Å². The van der Waals surface area contributed by atoms with Gasteiger partial charge in [-0.15, -0.1) is 0 Å². The third-order valence-corrected chi connectivity index (χ3v) is 3.66. The molecule has 1 fully saturated rings. The Balaban J connectivity index is 2.27. The first-order chi connectivity index (χ1) is 7.72. The first kappa shape index (κ1) is 11.7. The third-order valence-electron chi connectivity index (χ3n) is 3.46. The van der Waals surface area contributed by atoms with Gasteiger partial charge in [0, 0.05) is 12.6 Å². The van der Waals surface area contributed by atoms with Crippen LogP contribution in [0, 0.1) is 6.92 Å². The van der Waals surface area contributed by atoms with Gasteiger partial charge < -0.3 is 4.90 Å². The van der Waals surface area contributed by atoms with Crippen LogP contribution in [0.25, 0.3) is 0 Å². The van der Waals surface area contributed by atoms with Crippen LogP contribution in [0.1, 0.15) is 38.2 Å². The molecule has 16 heavy (non-hydrogen) atoms. The summed E-state index contributed by atoms with van der Waals surface area (Å²) in [4.78, 5) is 6.71. The van der Waals surface area contributed by atoms with Crippen molar-refractivity contribution in [2.24, 2.45) is 0 Å². The molecule has 0 N–H and O–H groups in total. The number of halogens is 1. The van der Waals surface area contributed by atoms with Gasteiger partial charge in [0.15, 0.2) is 0 Å². The summed E-state index contributed by atoms with van der Waals surface area (Å²) in [7, 11) is 0. The minimum Gasteiger partial charge on any atom is -0.367 e. The van der Waals surface area contributed by atoms with Crippen LogP contribution in [0.4, 0.5) is 5.69 Å².